The Hall–Kier alpha value is -3.19. The van der Waals surface area contributed by atoms with Gasteiger partial charge in [0.05, 0.1) is 12.8 Å². The lowest BCUT2D eigenvalue weighted by molar-refractivity contribution is 0.102. The molecular weight excluding hydrogens is 371 g/mol. The number of anilines is 3. The summed E-state index contributed by atoms with van der Waals surface area (Å²) in [4.78, 5) is 20.7. The number of amides is 1. The maximum Gasteiger partial charge on any atom is 0.274 e. The molecule has 0 saturated heterocycles. The number of hydrogen-bond donors (Lipinski definition) is 2. The van der Waals surface area contributed by atoms with Crippen LogP contribution in [0.3, 0.4) is 0 Å². The number of ether oxygens (including phenoxy) is 1. The third-order valence-electron chi connectivity index (χ3n) is 3.70. The average Bonchev–Trinajstić information content (AvgIpc) is 2.65. The maximum absolute atomic E-state index is 13.3. The molecule has 0 aliphatic rings. The number of nitrogens with one attached hydrogen (secondary N) is 2. The molecule has 0 aliphatic heterocycles. The summed E-state index contributed by atoms with van der Waals surface area (Å²) in [5, 5.41) is 6.17. The van der Waals surface area contributed by atoms with Crippen LogP contribution in [0.5, 0.6) is 5.75 Å². The quantitative estimate of drug-likeness (QED) is 0.671. The standard InChI is InChI=1S/C19H16ClFN4O2/c1-11-8-16(17(27-2)10-14(11)20)25-19-22-7-6-15(24-19)18(26)23-13-5-3-4-12(21)9-13/h3-10H,1-2H3,(H,23,26)(H,22,24,25). The van der Waals surface area contributed by atoms with Gasteiger partial charge in [-0.25, -0.2) is 14.4 Å². The van der Waals surface area contributed by atoms with E-state index in [9.17, 15) is 9.18 Å². The fraction of sp³-hybridized carbons (Fsp3) is 0.105. The zero-order chi connectivity index (χ0) is 19.4. The maximum atomic E-state index is 13.3. The molecule has 0 aliphatic carbocycles. The molecule has 8 heteroatoms. The van der Waals surface area contributed by atoms with Gasteiger partial charge in [0, 0.05) is 23.0 Å². The minimum Gasteiger partial charge on any atom is -0.495 e. The first-order chi connectivity index (χ1) is 13.0. The number of methoxy groups -OCH3 is 1. The molecule has 1 heterocycles. The summed E-state index contributed by atoms with van der Waals surface area (Å²) in [5.41, 5.74) is 1.92. The Balaban J connectivity index is 1.82. The molecule has 0 radical (unpaired) electrons. The summed E-state index contributed by atoms with van der Waals surface area (Å²) < 4.78 is 18.6. The number of rotatable bonds is 5. The Morgan fingerprint density at radius 3 is 2.78 bits per heavy atom. The fourth-order valence-corrected chi connectivity index (χ4v) is 2.51. The molecule has 3 aromatic rings. The molecule has 2 N–H and O–H groups in total. The predicted molar refractivity (Wildman–Crippen MR) is 102 cm³/mol. The van der Waals surface area contributed by atoms with Gasteiger partial charge in [-0.3, -0.25) is 4.79 Å². The highest BCUT2D eigenvalue weighted by atomic mass is 35.5. The minimum absolute atomic E-state index is 0.126. The number of hydrogen-bond acceptors (Lipinski definition) is 5. The fourth-order valence-electron chi connectivity index (χ4n) is 2.36. The number of nitrogens with zero attached hydrogens (tertiary/aromatic N) is 2. The van der Waals surface area contributed by atoms with Crippen molar-refractivity contribution >= 4 is 34.8 Å². The number of aryl methyl sites for hydroxylation is 1. The predicted octanol–water partition coefficient (Wildman–Crippen LogP) is 4.58. The molecule has 0 spiro atoms. The first-order valence-electron chi connectivity index (χ1n) is 7.97. The van der Waals surface area contributed by atoms with E-state index in [1.807, 2.05) is 6.92 Å². The summed E-state index contributed by atoms with van der Waals surface area (Å²) in [6.45, 7) is 1.86. The molecule has 1 amide bonds. The monoisotopic (exact) mass is 386 g/mol. The molecule has 0 bridgehead atoms. The van der Waals surface area contributed by atoms with Gasteiger partial charge in [0.2, 0.25) is 5.95 Å². The zero-order valence-electron chi connectivity index (χ0n) is 14.6. The lowest BCUT2D eigenvalue weighted by Crippen LogP contribution is -2.15. The van der Waals surface area contributed by atoms with E-state index in [0.29, 0.717) is 22.1 Å². The first-order valence-corrected chi connectivity index (χ1v) is 8.35. The summed E-state index contributed by atoms with van der Waals surface area (Å²) in [6.07, 6.45) is 1.45. The molecule has 27 heavy (non-hydrogen) atoms. The summed E-state index contributed by atoms with van der Waals surface area (Å²) >= 11 is 6.10. The Morgan fingerprint density at radius 1 is 1.22 bits per heavy atom. The molecular formula is C19H16ClFN4O2. The molecule has 3 rings (SSSR count). The van der Waals surface area contributed by atoms with Crippen LogP contribution < -0.4 is 15.4 Å². The molecule has 0 unspecified atom stereocenters. The second-order valence-corrected chi connectivity index (χ2v) is 6.06. The highest BCUT2D eigenvalue weighted by Crippen LogP contribution is 2.32. The summed E-state index contributed by atoms with van der Waals surface area (Å²) in [6, 6.07) is 10.5. The molecule has 2 aromatic carbocycles. The van der Waals surface area contributed by atoms with Gasteiger partial charge < -0.3 is 15.4 Å². The van der Waals surface area contributed by atoms with Crippen LogP contribution in [0.15, 0.2) is 48.7 Å². The molecule has 0 atom stereocenters. The van der Waals surface area contributed by atoms with Crippen LogP contribution in [0.2, 0.25) is 5.02 Å². The third kappa shape index (κ3) is 4.51. The van der Waals surface area contributed by atoms with Crippen LogP contribution in [0.25, 0.3) is 0 Å². The van der Waals surface area contributed by atoms with Crippen molar-refractivity contribution in [1.29, 1.82) is 0 Å². The van der Waals surface area contributed by atoms with Crippen molar-refractivity contribution in [3.8, 4) is 5.75 Å². The van der Waals surface area contributed by atoms with Gasteiger partial charge in [0.15, 0.2) is 0 Å². The van der Waals surface area contributed by atoms with Crippen molar-refractivity contribution in [2.45, 2.75) is 6.92 Å². The molecule has 0 saturated carbocycles. The normalized spacial score (nSPS) is 10.4. The van der Waals surface area contributed by atoms with E-state index in [1.165, 1.54) is 37.6 Å². The van der Waals surface area contributed by atoms with Crippen molar-refractivity contribution in [1.82, 2.24) is 9.97 Å². The van der Waals surface area contributed by atoms with Gasteiger partial charge in [-0.1, -0.05) is 17.7 Å². The minimum atomic E-state index is -0.481. The highest BCUT2D eigenvalue weighted by molar-refractivity contribution is 6.31. The second-order valence-electron chi connectivity index (χ2n) is 5.66. The third-order valence-corrected chi connectivity index (χ3v) is 4.11. The van der Waals surface area contributed by atoms with Crippen LogP contribution in [0.1, 0.15) is 16.1 Å². The second kappa shape index (κ2) is 8.01. The SMILES string of the molecule is COc1cc(Cl)c(C)cc1Nc1nccc(C(=O)Nc2cccc(F)c2)n1. The number of benzene rings is 2. The van der Waals surface area contributed by atoms with E-state index in [2.05, 4.69) is 20.6 Å². The number of carbonyl (C=O) groups excluding carboxylic acids is 1. The largest absolute Gasteiger partial charge is 0.495 e. The van der Waals surface area contributed by atoms with E-state index in [-0.39, 0.29) is 11.6 Å². The Labute approximate surface area is 160 Å². The van der Waals surface area contributed by atoms with Crippen LogP contribution in [0, 0.1) is 12.7 Å². The Kier molecular flexibility index (Phi) is 5.52. The topological polar surface area (TPSA) is 76.1 Å². The Bertz CT molecular complexity index is 997. The van der Waals surface area contributed by atoms with Crippen molar-refractivity contribution in [2.75, 3.05) is 17.7 Å². The molecule has 0 fully saturated rings. The first kappa shape index (κ1) is 18.6. The zero-order valence-corrected chi connectivity index (χ0v) is 15.3. The van der Waals surface area contributed by atoms with E-state index in [1.54, 1.807) is 18.2 Å². The van der Waals surface area contributed by atoms with Gasteiger partial charge in [0.1, 0.15) is 17.3 Å². The van der Waals surface area contributed by atoms with E-state index < -0.39 is 11.7 Å². The van der Waals surface area contributed by atoms with E-state index in [0.717, 1.165) is 5.56 Å². The van der Waals surface area contributed by atoms with E-state index >= 15 is 0 Å². The average molecular weight is 387 g/mol. The van der Waals surface area contributed by atoms with Crippen LogP contribution in [-0.2, 0) is 0 Å². The van der Waals surface area contributed by atoms with Gasteiger partial charge in [-0.15, -0.1) is 0 Å². The lowest BCUT2D eigenvalue weighted by Gasteiger charge is -2.12. The van der Waals surface area contributed by atoms with Crippen LogP contribution >= 0.6 is 11.6 Å². The van der Waals surface area contributed by atoms with Gasteiger partial charge in [-0.05, 0) is 42.8 Å². The van der Waals surface area contributed by atoms with E-state index in [4.69, 9.17) is 16.3 Å². The molecule has 138 valence electrons. The number of aromatic nitrogens is 2. The van der Waals surface area contributed by atoms with Crippen molar-refractivity contribution < 1.29 is 13.9 Å². The summed E-state index contributed by atoms with van der Waals surface area (Å²) in [7, 11) is 1.52. The lowest BCUT2D eigenvalue weighted by atomic mass is 10.2. The van der Waals surface area contributed by atoms with Crippen molar-refractivity contribution in [3.05, 3.63) is 70.8 Å². The van der Waals surface area contributed by atoms with Crippen LogP contribution in [0.4, 0.5) is 21.7 Å². The number of halogens is 2. The number of carbonyl (C=O) groups is 1. The van der Waals surface area contributed by atoms with Gasteiger partial charge >= 0.3 is 0 Å². The van der Waals surface area contributed by atoms with Gasteiger partial charge in [-0.2, -0.15) is 0 Å². The summed E-state index contributed by atoms with van der Waals surface area (Å²) in [5.74, 6) is -0.195. The highest BCUT2D eigenvalue weighted by Gasteiger charge is 2.12. The smallest absolute Gasteiger partial charge is 0.274 e. The van der Waals surface area contributed by atoms with Crippen molar-refractivity contribution in [3.63, 3.8) is 0 Å². The van der Waals surface area contributed by atoms with Gasteiger partial charge in [0.25, 0.3) is 5.91 Å². The molecule has 1 aromatic heterocycles. The molecule has 6 nitrogen and oxygen atoms in total. The Morgan fingerprint density at radius 2 is 2.04 bits per heavy atom. The van der Waals surface area contributed by atoms with Crippen molar-refractivity contribution in [2.24, 2.45) is 0 Å². The van der Waals surface area contributed by atoms with Crippen LogP contribution in [-0.4, -0.2) is 23.0 Å².